The Morgan fingerprint density at radius 2 is 2.20 bits per heavy atom. The molecule has 0 bridgehead atoms. The van der Waals surface area contributed by atoms with Gasteiger partial charge in [0.2, 0.25) is 0 Å². The molecule has 0 aliphatic carbocycles. The van der Waals surface area contributed by atoms with E-state index in [-0.39, 0.29) is 12.0 Å². The predicted molar refractivity (Wildman–Crippen MR) is 82.1 cm³/mol. The van der Waals surface area contributed by atoms with E-state index < -0.39 is 0 Å². The Kier molecular flexibility index (Phi) is 5.06. The molecule has 1 heterocycles. The Morgan fingerprint density at radius 1 is 1.40 bits per heavy atom. The zero-order chi connectivity index (χ0) is 14.6. The first-order valence-corrected chi connectivity index (χ1v) is 7.60. The summed E-state index contributed by atoms with van der Waals surface area (Å²) in [4.78, 5) is 0. The number of fused-ring (bicyclic) bond motifs is 1. The van der Waals surface area contributed by atoms with Gasteiger partial charge in [-0.3, -0.25) is 0 Å². The minimum Gasteiger partial charge on any atom is -0.493 e. The predicted octanol–water partition coefficient (Wildman–Crippen LogP) is 3.21. The fraction of sp³-hybridized carbons (Fsp3) is 0.647. The molecule has 0 saturated carbocycles. The van der Waals surface area contributed by atoms with Gasteiger partial charge in [-0.1, -0.05) is 32.0 Å². The third kappa shape index (κ3) is 3.74. The molecule has 112 valence electrons. The quantitative estimate of drug-likeness (QED) is 0.868. The molecule has 0 amide bonds. The Labute approximate surface area is 122 Å². The number of aliphatic hydroxyl groups excluding tert-OH is 1. The van der Waals surface area contributed by atoms with Crippen LogP contribution in [0.1, 0.15) is 50.3 Å². The molecule has 1 atom stereocenters. The molecule has 3 heteroatoms. The van der Waals surface area contributed by atoms with E-state index in [1.165, 1.54) is 11.1 Å². The summed E-state index contributed by atoms with van der Waals surface area (Å²) >= 11 is 0. The lowest BCUT2D eigenvalue weighted by molar-refractivity contribution is 0.202. The normalized spacial score (nSPS) is 19.1. The summed E-state index contributed by atoms with van der Waals surface area (Å²) < 4.78 is 5.91. The minimum atomic E-state index is 0.117. The maximum Gasteiger partial charge on any atom is 0.126 e. The van der Waals surface area contributed by atoms with Crippen LogP contribution in [0.3, 0.4) is 0 Å². The van der Waals surface area contributed by atoms with Crippen LogP contribution >= 0.6 is 0 Å². The van der Waals surface area contributed by atoms with Crippen LogP contribution in [0.2, 0.25) is 0 Å². The molecule has 2 N–H and O–H groups in total. The summed E-state index contributed by atoms with van der Waals surface area (Å²) in [5.74, 6) is 1.06. The van der Waals surface area contributed by atoms with Crippen molar-refractivity contribution < 1.29 is 9.84 Å². The summed E-state index contributed by atoms with van der Waals surface area (Å²) in [6, 6.07) is 6.74. The van der Waals surface area contributed by atoms with Gasteiger partial charge in [-0.05, 0) is 37.2 Å². The van der Waals surface area contributed by atoms with Gasteiger partial charge in [0.05, 0.1) is 6.61 Å². The average molecular weight is 277 g/mol. The van der Waals surface area contributed by atoms with Crippen LogP contribution < -0.4 is 10.1 Å². The van der Waals surface area contributed by atoms with E-state index in [0.29, 0.717) is 6.04 Å². The van der Waals surface area contributed by atoms with E-state index in [1.807, 2.05) is 0 Å². The zero-order valence-corrected chi connectivity index (χ0v) is 12.9. The summed E-state index contributed by atoms with van der Waals surface area (Å²) in [5.41, 5.74) is 2.61. The van der Waals surface area contributed by atoms with Crippen molar-refractivity contribution in [1.29, 1.82) is 0 Å². The second kappa shape index (κ2) is 6.59. The highest BCUT2D eigenvalue weighted by Crippen LogP contribution is 2.34. The van der Waals surface area contributed by atoms with E-state index in [2.05, 4.69) is 44.3 Å². The molecule has 1 aromatic rings. The highest BCUT2D eigenvalue weighted by molar-refractivity contribution is 5.43. The Balaban J connectivity index is 2.11. The Morgan fingerprint density at radius 3 is 2.95 bits per heavy atom. The molecule has 0 radical (unpaired) electrons. The van der Waals surface area contributed by atoms with Crippen LogP contribution in [0, 0.1) is 12.3 Å². The molecule has 0 saturated heterocycles. The molecule has 2 rings (SSSR count). The van der Waals surface area contributed by atoms with Crippen molar-refractivity contribution in [3.05, 3.63) is 29.3 Å². The fourth-order valence-electron chi connectivity index (χ4n) is 2.77. The summed E-state index contributed by atoms with van der Waals surface area (Å²) in [5, 5.41) is 12.8. The lowest BCUT2D eigenvalue weighted by Gasteiger charge is -2.28. The second-order valence-electron chi connectivity index (χ2n) is 6.56. The van der Waals surface area contributed by atoms with Gasteiger partial charge >= 0.3 is 0 Å². The largest absolute Gasteiger partial charge is 0.493 e. The maximum atomic E-state index is 9.13. The van der Waals surface area contributed by atoms with Gasteiger partial charge in [0, 0.05) is 24.8 Å². The molecule has 20 heavy (non-hydrogen) atoms. The van der Waals surface area contributed by atoms with Crippen LogP contribution in [-0.4, -0.2) is 24.9 Å². The second-order valence-corrected chi connectivity index (χ2v) is 6.56. The van der Waals surface area contributed by atoms with Gasteiger partial charge in [0.15, 0.2) is 0 Å². The lowest BCUT2D eigenvalue weighted by atomic mass is 9.88. The van der Waals surface area contributed by atoms with Crippen LogP contribution in [0.4, 0.5) is 0 Å². The van der Waals surface area contributed by atoms with Crippen molar-refractivity contribution in [2.45, 2.75) is 46.1 Å². The fourth-order valence-corrected chi connectivity index (χ4v) is 2.77. The summed E-state index contributed by atoms with van der Waals surface area (Å²) in [7, 11) is 0. The van der Waals surface area contributed by atoms with Crippen molar-refractivity contribution in [2.75, 3.05) is 19.8 Å². The molecule has 3 nitrogen and oxygen atoms in total. The van der Waals surface area contributed by atoms with Gasteiger partial charge in [0.25, 0.3) is 0 Å². The molecule has 1 unspecified atom stereocenters. The first-order valence-electron chi connectivity index (χ1n) is 7.60. The SMILES string of the molecule is Cc1cccc2c1OCCCC2NCC(C)(C)CCO. The van der Waals surface area contributed by atoms with Crippen LogP contribution in [0.15, 0.2) is 18.2 Å². The minimum absolute atomic E-state index is 0.117. The van der Waals surface area contributed by atoms with Crippen molar-refractivity contribution in [2.24, 2.45) is 5.41 Å². The van der Waals surface area contributed by atoms with Gasteiger partial charge in [-0.15, -0.1) is 0 Å². The molecule has 1 aliphatic heterocycles. The smallest absolute Gasteiger partial charge is 0.126 e. The average Bonchev–Trinajstić information content (AvgIpc) is 2.60. The number of nitrogens with one attached hydrogen (secondary N) is 1. The molecular weight excluding hydrogens is 250 g/mol. The van der Waals surface area contributed by atoms with Crippen LogP contribution in [-0.2, 0) is 0 Å². The topological polar surface area (TPSA) is 41.5 Å². The first-order chi connectivity index (χ1) is 9.53. The van der Waals surface area contributed by atoms with Crippen molar-refractivity contribution in [1.82, 2.24) is 5.32 Å². The van der Waals surface area contributed by atoms with Crippen molar-refractivity contribution >= 4 is 0 Å². The number of rotatable bonds is 5. The monoisotopic (exact) mass is 277 g/mol. The number of hydrogen-bond acceptors (Lipinski definition) is 3. The van der Waals surface area contributed by atoms with Crippen molar-refractivity contribution in [3.8, 4) is 5.75 Å². The van der Waals surface area contributed by atoms with E-state index in [4.69, 9.17) is 9.84 Å². The van der Waals surface area contributed by atoms with Gasteiger partial charge in [0.1, 0.15) is 5.75 Å². The molecule has 0 spiro atoms. The third-order valence-electron chi connectivity index (χ3n) is 4.12. The number of ether oxygens (including phenoxy) is 1. The summed E-state index contributed by atoms with van der Waals surface area (Å²) in [6.07, 6.45) is 3.00. The highest BCUT2D eigenvalue weighted by Gasteiger charge is 2.24. The first kappa shape index (κ1) is 15.3. The highest BCUT2D eigenvalue weighted by atomic mass is 16.5. The van der Waals surface area contributed by atoms with E-state index in [1.54, 1.807) is 0 Å². The standard InChI is InChI=1S/C17H27NO2/c1-13-6-4-7-14-15(8-5-11-20-16(13)14)18-12-17(2,3)9-10-19/h4,6-7,15,18-19H,5,8-12H2,1-3H3. The van der Waals surface area contributed by atoms with Crippen molar-refractivity contribution in [3.63, 3.8) is 0 Å². The zero-order valence-electron chi connectivity index (χ0n) is 12.9. The van der Waals surface area contributed by atoms with E-state index >= 15 is 0 Å². The Bertz CT molecular complexity index is 443. The molecule has 0 aromatic heterocycles. The lowest BCUT2D eigenvalue weighted by Crippen LogP contribution is -2.33. The number of aliphatic hydroxyl groups is 1. The van der Waals surface area contributed by atoms with Gasteiger partial charge in [-0.25, -0.2) is 0 Å². The molecule has 1 aliphatic rings. The van der Waals surface area contributed by atoms with Crippen LogP contribution in [0.5, 0.6) is 5.75 Å². The van der Waals surface area contributed by atoms with Crippen LogP contribution in [0.25, 0.3) is 0 Å². The maximum absolute atomic E-state index is 9.13. The van der Waals surface area contributed by atoms with Gasteiger partial charge < -0.3 is 15.2 Å². The number of benzene rings is 1. The molecule has 0 fully saturated rings. The number of aryl methyl sites for hydroxylation is 1. The van der Waals surface area contributed by atoms with E-state index in [0.717, 1.165) is 38.2 Å². The third-order valence-corrected chi connectivity index (χ3v) is 4.12. The van der Waals surface area contributed by atoms with Gasteiger partial charge in [-0.2, -0.15) is 0 Å². The summed E-state index contributed by atoms with van der Waals surface area (Å²) in [6.45, 7) is 8.46. The number of para-hydroxylation sites is 1. The Hall–Kier alpha value is -1.06. The van der Waals surface area contributed by atoms with E-state index in [9.17, 15) is 0 Å². The molecular formula is C17H27NO2. The number of hydrogen-bond donors (Lipinski definition) is 2. The molecule has 1 aromatic carbocycles.